The van der Waals surface area contributed by atoms with Crippen molar-refractivity contribution in [2.24, 2.45) is 4.99 Å². The summed E-state index contributed by atoms with van der Waals surface area (Å²) in [4.78, 5) is 6.27. The third-order valence-electron chi connectivity index (χ3n) is 4.46. The maximum Gasteiger partial charge on any atom is 0.135 e. The van der Waals surface area contributed by atoms with E-state index in [1.54, 1.807) is 10.3 Å². The molecule has 0 amide bonds. The molecule has 0 saturated carbocycles. The SMILES string of the molecule is Cc1cc(C)c2c(c1)-c1c(ssc1=Nc1ccc(Cl)cc1)C(C)(C)N2. The molecule has 0 saturated heterocycles. The van der Waals surface area contributed by atoms with E-state index in [9.17, 15) is 0 Å². The van der Waals surface area contributed by atoms with Crippen LogP contribution in [0.3, 0.4) is 0 Å². The van der Waals surface area contributed by atoms with Crippen molar-refractivity contribution in [3.63, 3.8) is 0 Å². The van der Waals surface area contributed by atoms with Gasteiger partial charge in [-0.05, 0) is 63.6 Å². The Morgan fingerprint density at radius 2 is 1.76 bits per heavy atom. The van der Waals surface area contributed by atoms with Gasteiger partial charge in [0.25, 0.3) is 0 Å². The molecule has 128 valence electrons. The summed E-state index contributed by atoms with van der Waals surface area (Å²) in [6.45, 7) is 8.80. The number of rotatable bonds is 1. The Bertz CT molecular complexity index is 1030. The second-order valence-corrected chi connectivity index (χ2v) is 9.58. The van der Waals surface area contributed by atoms with Crippen LogP contribution in [-0.2, 0) is 5.54 Å². The number of anilines is 1. The van der Waals surface area contributed by atoms with E-state index in [1.165, 1.54) is 32.8 Å². The summed E-state index contributed by atoms with van der Waals surface area (Å²) in [5, 5.41) is 4.46. The molecule has 0 unspecified atom stereocenters. The fourth-order valence-corrected chi connectivity index (χ4v) is 6.39. The van der Waals surface area contributed by atoms with E-state index in [0.29, 0.717) is 0 Å². The topological polar surface area (TPSA) is 24.4 Å². The predicted molar refractivity (Wildman–Crippen MR) is 110 cm³/mol. The predicted octanol–water partition coefficient (Wildman–Crippen LogP) is 6.64. The Morgan fingerprint density at radius 3 is 2.48 bits per heavy atom. The minimum atomic E-state index is -0.0999. The van der Waals surface area contributed by atoms with Gasteiger partial charge in [0.1, 0.15) is 4.67 Å². The lowest BCUT2D eigenvalue weighted by atomic mass is 9.87. The molecule has 1 aliphatic rings. The Kier molecular flexibility index (Phi) is 4.02. The van der Waals surface area contributed by atoms with Crippen molar-refractivity contribution >= 4 is 43.7 Å². The van der Waals surface area contributed by atoms with Crippen LogP contribution < -0.4 is 9.99 Å². The second-order valence-electron chi connectivity index (χ2n) is 7.02. The maximum atomic E-state index is 6.00. The lowest BCUT2D eigenvalue weighted by Crippen LogP contribution is -2.32. The molecule has 2 heterocycles. The smallest absolute Gasteiger partial charge is 0.135 e. The van der Waals surface area contributed by atoms with Crippen LogP contribution in [0.15, 0.2) is 41.4 Å². The van der Waals surface area contributed by atoms with Crippen LogP contribution in [0.4, 0.5) is 11.4 Å². The summed E-state index contributed by atoms with van der Waals surface area (Å²) in [5.41, 5.74) is 7.15. The minimum absolute atomic E-state index is 0.0999. The van der Waals surface area contributed by atoms with Gasteiger partial charge in [0.2, 0.25) is 0 Å². The highest BCUT2D eigenvalue weighted by Crippen LogP contribution is 2.46. The van der Waals surface area contributed by atoms with Crippen LogP contribution in [-0.4, -0.2) is 0 Å². The van der Waals surface area contributed by atoms with Gasteiger partial charge in [-0.25, -0.2) is 4.99 Å². The van der Waals surface area contributed by atoms with E-state index >= 15 is 0 Å². The molecule has 4 rings (SSSR count). The molecule has 5 heteroatoms. The maximum absolute atomic E-state index is 6.00. The lowest BCUT2D eigenvalue weighted by molar-refractivity contribution is 0.618. The van der Waals surface area contributed by atoms with Crippen LogP contribution in [0.2, 0.25) is 5.02 Å². The lowest BCUT2D eigenvalue weighted by Gasteiger charge is -2.34. The Hall–Kier alpha value is -1.62. The Morgan fingerprint density at radius 1 is 1.04 bits per heavy atom. The number of benzene rings is 2. The number of hydrogen-bond donors (Lipinski definition) is 1. The first-order chi connectivity index (χ1) is 11.8. The quantitative estimate of drug-likeness (QED) is 0.465. The van der Waals surface area contributed by atoms with Gasteiger partial charge in [-0.15, -0.1) is 0 Å². The van der Waals surface area contributed by atoms with Crippen LogP contribution in [0.1, 0.15) is 29.9 Å². The Labute approximate surface area is 160 Å². The van der Waals surface area contributed by atoms with Crippen LogP contribution >= 0.6 is 32.3 Å². The summed E-state index contributed by atoms with van der Waals surface area (Å²) >= 11 is 6.00. The van der Waals surface area contributed by atoms with Crippen molar-refractivity contribution in [2.45, 2.75) is 33.2 Å². The average molecular weight is 387 g/mol. The van der Waals surface area contributed by atoms with Gasteiger partial charge in [-0.1, -0.05) is 43.9 Å². The third-order valence-corrected chi connectivity index (χ3v) is 7.35. The van der Waals surface area contributed by atoms with Crippen molar-refractivity contribution in [3.8, 4) is 11.1 Å². The molecular formula is C20H19ClN2S2. The van der Waals surface area contributed by atoms with Crippen molar-refractivity contribution < 1.29 is 0 Å². The molecule has 25 heavy (non-hydrogen) atoms. The molecule has 3 aromatic rings. The molecule has 0 bridgehead atoms. The standard InChI is InChI=1S/C20H19ClN2S2/c1-11-9-12(2)17-15(10-11)16-18(20(3,4)23-17)24-25-19(16)22-14-7-5-13(21)6-8-14/h5-10,23H,1-4H3. The van der Waals surface area contributed by atoms with Crippen molar-refractivity contribution in [3.05, 3.63) is 62.1 Å². The highest BCUT2D eigenvalue weighted by atomic mass is 35.5. The van der Waals surface area contributed by atoms with E-state index in [4.69, 9.17) is 16.6 Å². The summed E-state index contributed by atoms with van der Waals surface area (Å²) in [5.74, 6) is 0. The van der Waals surface area contributed by atoms with Gasteiger partial charge in [-0.2, -0.15) is 0 Å². The summed E-state index contributed by atoms with van der Waals surface area (Å²) in [6.07, 6.45) is 0. The third kappa shape index (κ3) is 2.92. The van der Waals surface area contributed by atoms with Gasteiger partial charge < -0.3 is 5.32 Å². The fourth-order valence-electron chi connectivity index (χ4n) is 3.32. The monoisotopic (exact) mass is 386 g/mol. The zero-order valence-electron chi connectivity index (χ0n) is 14.6. The van der Waals surface area contributed by atoms with Gasteiger partial charge in [0.15, 0.2) is 0 Å². The summed E-state index contributed by atoms with van der Waals surface area (Å²) in [7, 11) is 3.56. The number of fused-ring (bicyclic) bond motifs is 3. The van der Waals surface area contributed by atoms with Crippen LogP contribution in [0.5, 0.6) is 0 Å². The molecule has 2 aromatic carbocycles. The highest BCUT2D eigenvalue weighted by Gasteiger charge is 2.34. The Balaban J connectivity index is 2.00. The number of halogens is 1. The molecule has 2 nitrogen and oxygen atoms in total. The van der Waals surface area contributed by atoms with E-state index in [2.05, 4.69) is 45.1 Å². The second kappa shape index (κ2) is 5.97. The number of nitrogens with zero attached hydrogens (tertiary/aromatic N) is 1. The van der Waals surface area contributed by atoms with Gasteiger partial charge >= 0.3 is 0 Å². The molecule has 0 aliphatic carbocycles. The largest absolute Gasteiger partial charge is 0.374 e. The molecule has 0 spiro atoms. The van der Waals surface area contributed by atoms with Crippen molar-refractivity contribution in [1.29, 1.82) is 0 Å². The summed E-state index contributed by atoms with van der Waals surface area (Å²) in [6, 6.07) is 12.2. The number of hydrogen-bond acceptors (Lipinski definition) is 4. The van der Waals surface area contributed by atoms with Gasteiger partial charge in [-0.3, -0.25) is 0 Å². The normalized spacial score (nSPS) is 15.5. The molecule has 1 aromatic heterocycles. The molecule has 0 fully saturated rings. The number of aryl methyl sites for hydroxylation is 2. The molecule has 1 aliphatic heterocycles. The summed E-state index contributed by atoms with van der Waals surface area (Å²) < 4.78 is 1.07. The molecule has 0 radical (unpaired) electrons. The number of nitrogens with one attached hydrogen (secondary N) is 1. The molecule has 0 atom stereocenters. The van der Waals surface area contributed by atoms with Crippen molar-refractivity contribution in [2.75, 3.05) is 5.32 Å². The van der Waals surface area contributed by atoms with Gasteiger partial charge in [0.05, 0.1) is 16.1 Å². The fraction of sp³-hybridized carbons (Fsp3) is 0.250. The first kappa shape index (κ1) is 16.8. The first-order valence-corrected chi connectivity index (χ1v) is 10.7. The zero-order chi connectivity index (χ0) is 17.8. The molecular weight excluding hydrogens is 368 g/mol. The van der Waals surface area contributed by atoms with Crippen LogP contribution in [0, 0.1) is 13.8 Å². The van der Waals surface area contributed by atoms with Crippen LogP contribution in [0.25, 0.3) is 11.1 Å². The first-order valence-electron chi connectivity index (χ1n) is 8.19. The zero-order valence-corrected chi connectivity index (χ0v) is 17.0. The highest BCUT2D eigenvalue weighted by molar-refractivity contribution is 7.68. The van der Waals surface area contributed by atoms with Gasteiger partial charge in [0, 0.05) is 21.8 Å². The van der Waals surface area contributed by atoms with E-state index in [0.717, 1.165) is 15.4 Å². The minimum Gasteiger partial charge on any atom is -0.374 e. The average Bonchev–Trinajstić information content (AvgIpc) is 2.96. The van der Waals surface area contributed by atoms with Crippen molar-refractivity contribution in [1.82, 2.24) is 0 Å². The van der Waals surface area contributed by atoms with E-state index in [1.807, 2.05) is 34.6 Å². The van der Waals surface area contributed by atoms with E-state index < -0.39 is 0 Å². The van der Waals surface area contributed by atoms with E-state index in [-0.39, 0.29) is 5.54 Å². The molecule has 1 N–H and O–H groups in total.